The van der Waals surface area contributed by atoms with Crippen molar-refractivity contribution in [2.45, 2.75) is 32.4 Å². The van der Waals surface area contributed by atoms with Gasteiger partial charge in [-0.2, -0.15) is 0 Å². The first kappa shape index (κ1) is 23.7. The minimum Gasteiger partial charge on any atom is -0.497 e. The van der Waals surface area contributed by atoms with E-state index in [1.165, 1.54) is 0 Å². The molecule has 1 heterocycles. The van der Waals surface area contributed by atoms with Crippen molar-refractivity contribution in [1.29, 1.82) is 0 Å². The van der Waals surface area contributed by atoms with Crippen molar-refractivity contribution in [1.82, 2.24) is 15.5 Å². The number of hydrogen-bond acceptors (Lipinski definition) is 4. The van der Waals surface area contributed by atoms with Gasteiger partial charge in [0.1, 0.15) is 18.0 Å². The van der Waals surface area contributed by atoms with E-state index in [2.05, 4.69) is 20.5 Å². The molecule has 1 fully saturated rings. The first-order valence-corrected chi connectivity index (χ1v) is 8.81. The molecule has 1 unspecified atom stereocenters. The van der Waals surface area contributed by atoms with Gasteiger partial charge in [-0.15, -0.1) is 24.0 Å². The van der Waals surface area contributed by atoms with Crippen LogP contribution in [0, 0.1) is 0 Å². The molecule has 1 aromatic rings. The molecule has 0 bridgehead atoms. The van der Waals surface area contributed by atoms with E-state index in [-0.39, 0.29) is 30.0 Å². The van der Waals surface area contributed by atoms with Gasteiger partial charge in [0, 0.05) is 38.3 Å². The second-order valence-corrected chi connectivity index (χ2v) is 6.20. The SMILES string of the molecule is CCNC(=NCC(F)F)NC1CCN(Cc2cc(OC)cc(OC)c2)C1.I. The predicted octanol–water partition coefficient (Wildman–Crippen LogP) is 2.72. The number of guanidine groups is 1. The number of benzene rings is 1. The van der Waals surface area contributed by atoms with Crippen LogP contribution in [0.3, 0.4) is 0 Å². The molecule has 0 radical (unpaired) electrons. The number of likely N-dealkylation sites (tertiary alicyclic amines) is 1. The van der Waals surface area contributed by atoms with Crippen molar-refractivity contribution in [2.75, 3.05) is 40.4 Å². The molecule has 0 spiro atoms. The monoisotopic (exact) mass is 498 g/mol. The molecule has 27 heavy (non-hydrogen) atoms. The van der Waals surface area contributed by atoms with E-state index in [4.69, 9.17) is 9.47 Å². The van der Waals surface area contributed by atoms with E-state index in [0.717, 1.165) is 43.1 Å². The highest BCUT2D eigenvalue weighted by molar-refractivity contribution is 14.0. The van der Waals surface area contributed by atoms with Gasteiger partial charge in [0.2, 0.25) is 0 Å². The standard InChI is InChI=1S/C18H28F2N4O2.HI/c1-4-21-18(22-10-17(19)20)23-14-5-6-24(12-14)11-13-7-15(25-2)9-16(8-13)26-3;/h7-9,14,17H,4-6,10-12H2,1-3H3,(H2,21,22,23);1H. The van der Waals surface area contributed by atoms with Crippen LogP contribution in [0.4, 0.5) is 8.78 Å². The van der Waals surface area contributed by atoms with Crippen LogP contribution in [0.15, 0.2) is 23.2 Å². The van der Waals surface area contributed by atoms with Crippen LogP contribution in [-0.2, 0) is 6.54 Å². The lowest BCUT2D eigenvalue weighted by molar-refractivity contribution is 0.158. The minimum absolute atomic E-state index is 0. The summed E-state index contributed by atoms with van der Waals surface area (Å²) in [5, 5.41) is 6.26. The molecule has 1 aliphatic heterocycles. The van der Waals surface area contributed by atoms with E-state index in [1.807, 2.05) is 25.1 Å². The van der Waals surface area contributed by atoms with E-state index in [9.17, 15) is 8.78 Å². The van der Waals surface area contributed by atoms with Crippen LogP contribution in [-0.4, -0.2) is 63.7 Å². The molecule has 1 atom stereocenters. The highest BCUT2D eigenvalue weighted by atomic mass is 127. The average molecular weight is 498 g/mol. The van der Waals surface area contributed by atoms with Gasteiger partial charge in [-0.05, 0) is 31.0 Å². The molecule has 1 aliphatic rings. The molecule has 1 saturated heterocycles. The van der Waals surface area contributed by atoms with Crippen molar-refractivity contribution >= 4 is 29.9 Å². The zero-order valence-electron chi connectivity index (χ0n) is 16.0. The van der Waals surface area contributed by atoms with Gasteiger partial charge in [-0.1, -0.05) is 0 Å². The van der Waals surface area contributed by atoms with Crippen LogP contribution in [0.2, 0.25) is 0 Å². The van der Waals surface area contributed by atoms with Gasteiger partial charge in [0.25, 0.3) is 6.43 Å². The Labute approximate surface area is 176 Å². The van der Waals surface area contributed by atoms with E-state index in [1.54, 1.807) is 14.2 Å². The summed E-state index contributed by atoms with van der Waals surface area (Å²) >= 11 is 0. The Balaban J connectivity index is 0.00000364. The highest BCUT2D eigenvalue weighted by Crippen LogP contribution is 2.24. The molecule has 2 rings (SSSR count). The second-order valence-electron chi connectivity index (χ2n) is 6.20. The molecule has 6 nitrogen and oxygen atoms in total. The third-order valence-corrected chi connectivity index (χ3v) is 4.16. The summed E-state index contributed by atoms with van der Waals surface area (Å²) in [5.74, 6) is 1.98. The summed E-state index contributed by atoms with van der Waals surface area (Å²) < 4.78 is 35.4. The van der Waals surface area contributed by atoms with Crippen molar-refractivity contribution < 1.29 is 18.3 Å². The fraction of sp³-hybridized carbons (Fsp3) is 0.611. The van der Waals surface area contributed by atoms with Crippen molar-refractivity contribution in [3.63, 3.8) is 0 Å². The maximum absolute atomic E-state index is 12.4. The average Bonchev–Trinajstić information content (AvgIpc) is 3.06. The Morgan fingerprint density at radius 1 is 1.26 bits per heavy atom. The van der Waals surface area contributed by atoms with Gasteiger partial charge >= 0.3 is 0 Å². The number of hydrogen-bond donors (Lipinski definition) is 2. The van der Waals surface area contributed by atoms with Gasteiger partial charge in [-0.25, -0.2) is 13.8 Å². The zero-order valence-corrected chi connectivity index (χ0v) is 18.3. The molecule has 0 aromatic heterocycles. The van der Waals surface area contributed by atoms with Crippen LogP contribution in [0.25, 0.3) is 0 Å². The smallest absolute Gasteiger partial charge is 0.257 e. The van der Waals surface area contributed by atoms with Crippen molar-refractivity contribution in [3.05, 3.63) is 23.8 Å². The summed E-state index contributed by atoms with van der Waals surface area (Å²) in [4.78, 5) is 6.23. The highest BCUT2D eigenvalue weighted by Gasteiger charge is 2.23. The normalized spacial score (nSPS) is 17.6. The lowest BCUT2D eigenvalue weighted by Gasteiger charge is -2.19. The first-order chi connectivity index (χ1) is 12.5. The number of ether oxygens (including phenoxy) is 2. The number of alkyl halides is 2. The third-order valence-electron chi connectivity index (χ3n) is 4.16. The summed E-state index contributed by atoms with van der Waals surface area (Å²) in [6.45, 7) is 4.57. The van der Waals surface area contributed by atoms with Crippen LogP contribution < -0.4 is 20.1 Å². The molecule has 0 saturated carbocycles. The Morgan fingerprint density at radius 3 is 2.48 bits per heavy atom. The second kappa shape index (κ2) is 12.2. The Morgan fingerprint density at radius 2 is 1.93 bits per heavy atom. The Hall–Kier alpha value is -1.36. The van der Waals surface area contributed by atoms with Gasteiger partial charge < -0.3 is 20.1 Å². The van der Waals surface area contributed by atoms with Crippen molar-refractivity contribution in [3.8, 4) is 11.5 Å². The molecule has 1 aromatic carbocycles. The molecule has 0 amide bonds. The number of halogens is 3. The summed E-state index contributed by atoms with van der Waals surface area (Å²) in [6, 6.07) is 6.02. The fourth-order valence-corrected chi connectivity index (χ4v) is 2.98. The van der Waals surface area contributed by atoms with E-state index >= 15 is 0 Å². The Kier molecular flexibility index (Phi) is 10.7. The summed E-state index contributed by atoms with van der Waals surface area (Å²) in [5.41, 5.74) is 1.11. The topological polar surface area (TPSA) is 58.1 Å². The molecule has 154 valence electrons. The molecule has 2 N–H and O–H groups in total. The van der Waals surface area contributed by atoms with Crippen LogP contribution >= 0.6 is 24.0 Å². The number of methoxy groups -OCH3 is 2. The molecule has 0 aliphatic carbocycles. The van der Waals surface area contributed by atoms with E-state index < -0.39 is 13.0 Å². The quantitative estimate of drug-likeness (QED) is 0.328. The maximum Gasteiger partial charge on any atom is 0.257 e. The van der Waals surface area contributed by atoms with Crippen LogP contribution in [0.1, 0.15) is 18.9 Å². The van der Waals surface area contributed by atoms with Crippen LogP contribution in [0.5, 0.6) is 11.5 Å². The summed E-state index contributed by atoms with van der Waals surface area (Å²) in [6.07, 6.45) is -1.51. The maximum atomic E-state index is 12.4. The number of nitrogens with one attached hydrogen (secondary N) is 2. The van der Waals surface area contributed by atoms with Crippen molar-refractivity contribution in [2.24, 2.45) is 4.99 Å². The minimum atomic E-state index is -2.44. The number of nitrogens with zero attached hydrogens (tertiary/aromatic N) is 2. The largest absolute Gasteiger partial charge is 0.497 e. The zero-order chi connectivity index (χ0) is 18.9. The predicted molar refractivity (Wildman–Crippen MR) is 114 cm³/mol. The first-order valence-electron chi connectivity index (χ1n) is 8.81. The Bertz CT molecular complexity index is 582. The lowest BCUT2D eigenvalue weighted by Crippen LogP contribution is -2.44. The molecule has 9 heteroatoms. The van der Waals surface area contributed by atoms with Gasteiger partial charge in [0.15, 0.2) is 5.96 Å². The molecular formula is C18H29F2IN4O2. The fourth-order valence-electron chi connectivity index (χ4n) is 2.98. The van der Waals surface area contributed by atoms with Gasteiger partial charge in [0.05, 0.1) is 14.2 Å². The summed E-state index contributed by atoms with van der Waals surface area (Å²) in [7, 11) is 3.27. The number of aliphatic imine (C=N–C) groups is 1. The number of rotatable bonds is 8. The molecular weight excluding hydrogens is 469 g/mol. The third kappa shape index (κ3) is 8.04. The lowest BCUT2D eigenvalue weighted by atomic mass is 10.2. The van der Waals surface area contributed by atoms with Gasteiger partial charge in [-0.3, -0.25) is 4.90 Å². The van der Waals surface area contributed by atoms with E-state index in [0.29, 0.717) is 12.5 Å².